The van der Waals surface area contributed by atoms with Crippen LogP contribution in [0.5, 0.6) is 0 Å². The second kappa shape index (κ2) is 10.2. The van der Waals surface area contributed by atoms with Crippen molar-refractivity contribution in [2.75, 3.05) is 33.2 Å². The molecule has 1 unspecified atom stereocenters. The van der Waals surface area contributed by atoms with E-state index >= 15 is 0 Å². The lowest BCUT2D eigenvalue weighted by Crippen LogP contribution is -2.38. The Morgan fingerprint density at radius 2 is 1.97 bits per heavy atom. The molecular formula is C27H36N6O. The zero-order chi connectivity index (χ0) is 23.5. The number of amides is 1. The van der Waals surface area contributed by atoms with E-state index < -0.39 is 0 Å². The van der Waals surface area contributed by atoms with Gasteiger partial charge in [-0.1, -0.05) is 30.3 Å². The molecule has 2 fully saturated rings. The van der Waals surface area contributed by atoms with Gasteiger partial charge in [-0.15, -0.1) is 0 Å². The molecule has 7 nitrogen and oxygen atoms in total. The number of aromatic nitrogens is 3. The highest BCUT2D eigenvalue weighted by Gasteiger charge is 2.26. The molecule has 2 aliphatic heterocycles. The van der Waals surface area contributed by atoms with Crippen molar-refractivity contribution < 1.29 is 4.79 Å². The molecule has 180 valence electrons. The van der Waals surface area contributed by atoms with Crippen molar-refractivity contribution in [1.29, 1.82) is 0 Å². The highest BCUT2D eigenvalue weighted by molar-refractivity contribution is 5.76. The summed E-state index contributed by atoms with van der Waals surface area (Å²) in [6.07, 6.45) is 6.03. The van der Waals surface area contributed by atoms with Crippen molar-refractivity contribution in [3.05, 3.63) is 65.1 Å². The Bertz CT molecular complexity index is 1130. The van der Waals surface area contributed by atoms with Crippen LogP contribution >= 0.6 is 0 Å². The minimum absolute atomic E-state index is 0.255. The van der Waals surface area contributed by atoms with Crippen molar-refractivity contribution in [2.45, 2.75) is 51.6 Å². The van der Waals surface area contributed by atoms with Crippen LogP contribution < -0.4 is 5.32 Å². The topological polar surface area (TPSA) is 65.8 Å². The fourth-order valence-corrected chi connectivity index (χ4v) is 5.49. The van der Waals surface area contributed by atoms with Crippen LogP contribution in [-0.4, -0.2) is 63.5 Å². The van der Waals surface area contributed by atoms with Crippen molar-refractivity contribution in [3.63, 3.8) is 0 Å². The molecular weight excluding hydrogens is 424 g/mol. The number of nitrogens with one attached hydrogen (secondary N) is 1. The molecule has 0 bridgehead atoms. The number of carbonyl (C=O) groups excluding carboxylic acids is 1. The van der Waals surface area contributed by atoms with E-state index in [9.17, 15) is 4.79 Å². The molecule has 0 spiro atoms. The third-order valence-corrected chi connectivity index (χ3v) is 7.51. The Kier molecular flexibility index (Phi) is 6.92. The van der Waals surface area contributed by atoms with Gasteiger partial charge in [-0.05, 0) is 56.8 Å². The highest BCUT2D eigenvalue weighted by Crippen LogP contribution is 2.29. The normalized spacial score (nSPS) is 21.9. The van der Waals surface area contributed by atoms with Gasteiger partial charge in [0, 0.05) is 57.3 Å². The molecule has 0 aliphatic carbocycles. The number of nitrogens with zero attached hydrogens (tertiary/aromatic N) is 5. The standard InChI is InChI=1S/C27H36N6O/c1-20-24(17-28-16-22-11-14-31(2)26(34)15-22)27-29-12-10-25(33(27)30-20)23-9-6-13-32(19-23)18-21-7-4-3-5-8-21/h3-5,7-8,10,12,22-23,28H,6,9,11,13-19H2,1-2H3/t22?,23-/m0/s1. The molecule has 2 atom stereocenters. The molecule has 2 saturated heterocycles. The number of piperidine rings is 2. The van der Waals surface area contributed by atoms with E-state index in [4.69, 9.17) is 10.1 Å². The minimum atomic E-state index is 0.255. The Morgan fingerprint density at radius 3 is 2.79 bits per heavy atom. The number of rotatable bonds is 7. The SMILES string of the molecule is Cc1nn2c([C@H]3CCCN(Cc4ccccc4)C3)ccnc2c1CNCC1CCN(C)C(=O)C1. The molecule has 1 N–H and O–H groups in total. The monoisotopic (exact) mass is 460 g/mol. The second-order valence-corrected chi connectivity index (χ2v) is 10.0. The summed E-state index contributed by atoms with van der Waals surface area (Å²) in [4.78, 5) is 21.1. The lowest BCUT2D eigenvalue weighted by Gasteiger charge is -2.33. The van der Waals surface area contributed by atoms with E-state index in [2.05, 4.69) is 58.1 Å². The maximum atomic E-state index is 12.0. The van der Waals surface area contributed by atoms with Gasteiger partial charge in [0.15, 0.2) is 5.65 Å². The molecule has 2 aliphatic rings. The summed E-state index contributed by atoms with van der Waals surface area (Å²) in [5.74, 6) is 1.12. The first-order valence-corrected chi connectivity index (χ1v) is 12.6. The average Bonchev–Trinajstić information content (AvgIpc) is 3.17. The molecule has 3 aromatic rings. The fraction of sp³-hybridized carbons (Fsp3) is 0.519. The molecule has 1 amide bonds. The van der Waals surface area contributed by atoms with Crippen LogP contribution in [0.3, 0.4) is 0 Å². The first kappa shape index (κ1) is 23.0. The van der Waals surface area contributed by atoms with Crippen LogP contribution in [0.4, 0.5) is 0 Å². The van der Waals surface area contributed by atoms with Crippen LogP contribution in [0.15, 0.2) is 42.6 Å². The van der Waals surface area contributed by atoms with Crippen LogP contribution in [0.25, 0.3) is 5.65 Å². The number of hydrogen-bond donors (Lipinski definition) is 1. The third-order valence-electron chi connectivity index (χ3n) is 7.51. The Morgan fingerprint density at radius 1 is 1.12 bits per heavy atom. The van der Waals surface area contributed by atoms with Gasteiger partial charge in [-0.2, -0.15) is 5.10 Å². The van der Waals surface area contributed by atoms with Crippen LogP contribution in [0.2, 0.25) is 0 Å². The molecule has 2 aromatic heterocycles. The fourth-order valence-electron chi connectivity index (χ4n) is 5.49. The number of carbonyl (C=O) groups is 1. The van der Waals surface area contributed by atoms with Crippen LogP contribution in [-0.2, 0) is 17.9 Å². The van der Waals surface area contributed by atoms with E-state index in [1.54, 1.807) is 0 Å². The predicted molar refractivity (Wildman–Crippen MR) is 133 cm³/mol. The van der Waals surface area contributed by atoms with E-state index in [0.717, 1.165) is 62.6 Å². The zero-order valence-corrected chi connectivity index (χ0v) is 20.4. The first-order chi connectivity index (χ1) is 16.6. The van der Waals surface area contributed by atoms with E-state index in [-0.39, 0.29) is 5.91 Å². The first-order valence-electron chi connectivity index (χ1n) is 12.6. The molecule has 34 heavy (non-hydrogen) atoms. The summed E-state index contributed by atoms with van der Waals surface area (Å²) in [6, 6.07) is 12.9. The van der Waals surface area contributed by atoms with Gasteiger partial charge in [0.1, 0.15) is 0 Å². The van der Waals surface area contributed by atoms with Crippen LogP contribution in [0, 0.1) is 12.8 Å². The van der Waals surface area contributed by atoms with Crippen molar-refractivity contribution in [1.82, 2.24) is 29.7 Å². The second-order valence-electron chi connectivity index (χ2n) is 10.0. The van der Waals surface area contributed by atoms with Gasteiger partial charge >= 0.3 is 0 Å². The summed E-state index contributed by atoms with van der Waals surface area (Å²) >= 11 is 0. The molecule has 0 saturated carbocycles. The number of likely N-dealkylation sites (tertiary alicyclic amines) is 2. The summed E-state index contributed by atoms with van der Waals surface area (Å²) < 4.78 is 2.09. The maximum Gasteiger partial charge on any atom is 0.222 e. The molecule has 5 rings (SSSR count). The van der Waals surface area contributed by atoms with Gasteiger partial charge in [-0.25, -0.2) is 9.50 Å². The third kappa shape index (κ3) is 5.00. The van der Waals surface area contributed by atoms with Crippen molar-refractivity contribution >= 4 is 11.6 Å². The van der Waals surface area contributed by atoms with Gasteiger partial charge in [0.2, 0.25) is 5.91 Å². The number of aryl methyl sites for hydroxylation is 1. The Labute approximate surface area is 202 Å². The molecule has 1 aromatic carbocycles. The van der Waals surface area contributed by atoms with Gasteiger partial charge in [0.05, 0.1) is 11.4 Å². The smallest absolute Gasteiger partial charge is 0.222 e. The largest absolute Gasteiger partial charge is 0.346 e. The quantitative estimate of drug-likeness (QED) is 0.586. The lowest BCUT2D eigenvalue weighted by molar-refractivity contribution is -0.133. The summed E-state index contributed by atoms with van der Waals surface area (Å²) in [5.41, 5.74) is 5.79. The van der Waals surface area contributed by atoms with Crippen LogP contribution in [0.1, 0.15) is 54.1 Å². The Balaban J connectivity index is 1.27. The van der Waals surface area contributed by atoms with Gasteiger partial charge in [0.25, 0.3) is 0 Å². The average molecular weight is 461 g/mol. The lowest BCUT2D eigenvalue weighted by atomic mass is 9.94. The molecule has 4 heterocycles. The van der Waals surface area contributed by atoms with E-state index in [1.165, 1.54) is 24.1 Å². The Hall–Kier alpha value is -2.77. The van der Waals surface area contributed by atoms with E-state index in [1.807, 2.05) is 18.1 Å². The van der Waals surface area contributed by atoms with Crippen molar-refractivity contribution in [3.8, 4) is 0 Å². The number of fused-ring (bicyclic) bond motifs is 1. The number of hydrogen-bond acceptors (Lipinski definition) is 5. The number of benzene rings is 1. The van der Waals surface area contributed by atoms with Gasteiger partial charge in [-0.3, -0.25) is 9.69 Å². The maximum absolute atomic E-state index is 12.0. The van der Waals surface area contributed by atoms with E-state index in [0.29, 0.717) is 18.3 Å². The minimum Gasteiger partial charge on any atom is -0.346 e. The summed E-state index contributed by atoms with van der Waals surface area (Å²) in [7, 11) is 1.89. The zero-order valence-electron chi connectivity index (χ0n) is 20.4. The summed E-state index contributed by atoms with van der Waals surface area (Å²) in [6.45, 7) is 7.71. The predicted octanol–water partition coefficient (Wildman–Crippen LogP) is 3.38. The molecule has 7 heteroatoms. The summed E-state index contributed by atoms with van der Waals surface area (Å²) in [5, 5.41) is 8.51. The highest BCUT2D eigenvalue weighted by atomic mass is 16.2. The van der Waals surface area contributed by atoms with Crippen molar-refractivity contribution in [2.24, 2.45) is 5.92 Å². The molecule has 0 radical (unpaired) electrons. The van der Waals surface area contributed by atoms with Gasteiger partial charge < -0.3 is 10.2 Å².